The number of unbranched alkanes of at least 4 members (excludes halogenated alkanes) is 26. The largest absolute Gasteiger partial charge is 0.472 e. The molecule has 17 nitrogen and oxygen atoms in total. The van der Waals surface area contributed by atoms with Crippen LogP contribution < -0.4 is 0 Å². The summed E-state index contributed by atoms with van der Waals surface area (Å²) in [6.07, 6.45) is 33.6. The van der Waals surface area contributed by atoms with Gasteiger partial charge in [0.1, 0.15) is 19.3 Å². The molecule has 0 aromatic heterocycles. The Hall–Kier alpha value is -1.94. The minimum Gasteiger partial charge on any atom is -0.462 e. The molecule has 0 aliphatic heterocycles. The molecule has 0 aliphatic carbocycles. The van der Waals surface area contributed by atoms with Crippen LogP contribution in [-0.4, -0.2) is 96.7 Å². The Balaban J connectivity index is 5.26. The van der Waals surface area contributed by atoms with Crippen molar-refractivity contribution in [2.75, 3.05) is 39.6 Å². The molecule has 0 radical (unpaired) electrons. The van der Waals surface area contributed by atoms with E-state index in [1.807, 2.05) is 0 Å². The SMILES string of the molecule is CCC(C)CCCCCCCCCCC(=O)OC[C@H](COP(=O)(O)OCC(O)COP(=O)(O)OC[C@@H](COC(=O)CCCCCCCCCC(C)C)OC(=O)CCCCCCCCCC(C)C)OC(=O)CCCCCCCCCCC(C)C. The number of aliphatic hydroxyl groups is 1. The molecule has 0 bridgehead atoms. The van der Waals surface area contributed by atoms with E-state index < -0.39 is 97.5 Å². The van der Waals surface area contributed by atoms with E-state index in [4.69, 9.17) is 37.0 Å². The first-order valence-corrected chi connectivity index (χ1v) is 36.2. The second-order valence-corrected chi connectivity index (χ2v) is 27.7. The standard InChI is InChI=1S/C64H124O17P2/c1-9-57(8)43-35-27-19-11-13-20-28-36-44-61(66)74-50-59(80-63(68)46-38-30-21-12-10-16-24-32-40-54(2)3)52-78-82(70,71)76-48-58(65)49-77-83(72,73)79-53-60(81-64(69)47-39-31-23-15-18-26-34-42-56(6)7)51-75-62(67)45-37-29-22-14-17-25-33-41-55(4)5/h54-60,65H,9-53H2,1-8H3,(H,70,71)(H,72,73)/t57?,58?,59-,60-/m1/s1. The lowest BCUT2D eigenvalue weighted by Crippen LogP contribution is -2.30. The van der Waals surface area contributed by atoms with Gasteiger partial charge in [0.2, 0.25) is 0 Å². The van der Waals surface area contributed by atoms with E-state index in [0.717, 1.165) is 108 Å². The monoisotopic (exact) mass is 1230 g/mol. The van der Waals surface area contributed by atoms with Crippen LogP contribution in [0.25, 0.3) is 0 Å². The topological polar surface area (TPSA) is 237 Å². The fourth-order valence-electron chi connectivity index (χ4n) is 9.40. The minimum atomic E-state index is -4.95. The van der Waals surface area contributed by atoms with Crippen molar-refractivity contribution < 1.29 is 80.2 Å². The number of ether oxygens (including phenoxy) is 4. The van der Waals surface area contributed by atoms with Gasteiger partial charge >= 0.3 is 39.5 Å². The van der Waals surface area contributed by atoms with Gasteiger partial charge in [0.05, 0.1) is 26.4 Å². The van der Waals surface area contributed by atoms with E-state index in [1.165, 1.54) is 103 Å². The zero-order chi connectivity index (χ0) is 61.8. The predicted octanol–water partition coefficient (Wildman–Crippen LogP) is 17.4. The van der Waals surface area contributed by atoms with Crippen LogP contribution in [0, 0.1) is 23.7 Å². The molecule has 0 saturated carbocycles. The van der Waals surface area contributed by atoms with E-state index in [9.17, 15) is 43.2 Å². The summed E-state index contributed by atoms with van der Waals surface area (Å²) in [6, 6.07) is 0. The summed E-state index contributed by atoms with van der Waals surface area (Å²) in [7, 11) is -9.89. The molecule has 0 amide bonds. The number of carbonyl (C=O) groups excluding carboxylic acids is 4. The molecule has 4 unspecified atom stereocenters. The minimum absolute atomic E-state index is 0.102. The van der Waals surface area contributed by atoms with Crippen LogP contribution in [0.4, 0.5) is 0 Å². The summed E-state index contributed by atoms with van der Waals surface area (Å²) in [4.78, 5) is 72.2. The Labute approximate surface area is 505 Å². The van der Waals surface area contributed by atoms with Crippen LogP contribution in [0.15, 0.2) is 0 Å². The Kier molecular flexibility index (Phi) is 53.0. The normalized spacial score (nSPS) is 14.8. The highest BCUT2D eigenvalue weighted by Crippen LogP contribution is 2.45. The molecule has 6 atom stereocenters. The number of hydrogen-bond acceptors (Lipinski definition) is 15. The quantitative estimate of drug-likeness (QED) is 0.0222. The number of hydrogen-bond donors (Lipinski definition) is 3. The second kappa shape index (κ2) is 54.2. The van der Waals surface area contributed by atoms with Crippen LogP contribution in [-0.2, 0) is 65.4 Å². The molecule has 492 valence electrons. The van der Waals surface area contributed by atoms with Gasteiger partial charge in [0.25, 0.3) is 0 Å². The van der Waals surface area contributed by atoms with Crippen LogP contribution in [0.3, 0.4) is 0 Å². The maximum Gasteiger partial charge on any atom is 0.472 e. The summed E-state index contributed by atoms with van der Waals surface area (Å²) < 4.78 is 68.0. The summed E-state index contributed by atoms with van der Waals surface area (Å²) in [5, 5.41) is 10.5. The maximum atomic E-state index is 13.0. The third-order valence-corrected chi connectivity index (χ3v) is 16.8. The van der Waals surface area contributed by atoms with E-state index in [2.05, 4.69) is 55.4 Å². The molecule has 83 heavy (non-hydrogen) atoms. The first-order valence-electron chi connectivity index (χ1n) is 33.2. The molecule has 3 N–H and O–H groups in total. The predicted molar refractivity (Wildman–Crippen MR) is 331 cm³/mol. The highest BCUT2D eigenvalue weighted by molar-refractivity contribution is 7.47. The number of phosphoric ester groups is 2. The molecule has 19 heteroatoms. The molecular formula is C64H124O17P2. The van der Waals surface area contributed by atoms with Gasteiger partial charge in [0, 0.05) is 25.7 Å². The lowest BCUT2D eigenvalue weighted by molar-refractivity contribution is -0.161. The summed E-state index contributed by atoms with van der Waals surface area (Å²) in [6.45, 7) is 13.9. The average molecular weight is 1230 g/mol. The van der Waals surface area contributed by atoms with Crippen molar-refractivity contribution in [1.29, 1.82) is 0 Å². The van der Waals surface area contributed by atoms with E-state index >= 15 is 0 Å². The van der Waals surface area contributed by atoms with Gasteiger partial charge in [-0.3, -0.25) is 37.3 Å². The Morgan fingerprint density at radius 1 is 0.337 bits per heavy atom. The Morgan fingerprint density at radius 3 is 0.855 bits per heavy atom. The summed E-state index contributed by atoms with van der Waals surface area (Å²) >= 11 is 0. The summed E-state index contributed by atoms with van der Waals surface area (Å²) in [5.74, 6) is 0.754. The van der Waals surface area contributed by atoms with Gasteiger partial charge < -0.3 is 33.8 Å². The smallest absolute Gasteiger partial charge is 0.462 e. The first-order chi connectivity index (χ1) is 39.6. The van der Waals surface area contributed by atoms with Gasteiger partial charge in [0.15, 0.2) is 12.2 Å². The van der Waals surface area contributed by atoms with E-state index in [-0.39, 0.29) is 25.7 Å². The lowest BCUT2D eigenvalue weighted by Gasteiger charge is -2.21. The van der Waals surface area contributed by atoms with Crippen molar-refractivity contribution in [3.63, 3.8) is 0 Å². The van der Waals surface area contributed by atoms with Crippen LogP contribution >= 0.6 is 15.6 Å². The highest BCUT2D eigenvalue weighted by atomic mass is 31.2. The Bertz CT molecular complexity index is 1660. The molecule has 0 rings (SSSR count). The molecule has 0 aromatic rings. The zero-order valence-corrected chi connectivity index (χ0v) is 55.6. The van der Waals surface area contributed by atoms with E-state index in [0.29, 0.717) is 37.5 Å². The van der Waals surface area contributed by atoms with Crippen molar-refractivity contribution >= 4 is 39.5 Å². The number of carbonyl (C=O) groups is 4. The highest BCUT2D eigenvalue weighted by Gasteiger charge is 2.30. The molecule has 0 fully saturated rings. The molecule has 0 aliphatic rings. The van der Waals surface area contributed by atoms with Crippen molar-refractivity contribution in [1.82, 2.24) is 0 Å². The van der Waals surface area contributed by atoms with Crippen LogP contribution in [0.1, 0.15) is 306 Å². The van der Waals surface area contributed by atoms with Gasteiger partial charge in [-0.15, -0.1) is 0 Å². The van der Waals surface area contributed by atoms with E-state index in [1.54, 1.807) is 0 Å². The number of aliphatic hydroxyl groups excluding tert-OH is 1. The molecule has 0 aromatic carbocycles. The van der Waals surface area contributed by atoms with Crippen molar-refractivity contribution in [2.45, 2.75) is 324 Å². The fourth-order valence-corrected chi connectivity index (χ4v) is 11.0. The maximum absolute atomic E-state index is 13.0. The Morgan fingerprint density at radius 2 is 0.578 bits per heavy atom. The van der Waals surface area contributed by atoms with Crippen LogP contribution in [0.5, 0.6) is 0 Å². The molecule has 0 spiro atoms. The van der Waals surface area contributed by atoms with Gasteiger partial charge in [-0.25, -0.2) is 9.13 Å². The van der Waals surface area contributed by atoms with Crippen molar-refractivity contribution in [2.24, 2.45) is 23.7 Å². The lowest BCUT2D eigenvalue weighted by atomic mass is 9.99. The van der Waals surface area contributed by atoms with Crippen LogP contribution in [0.2, 0.25) is 0 Å². The molecule has 0 heterocycles. The van der Waals surface area contributed by atoms with Gasteiger partial charge in [-0.1, -0.05) is 254 Å². The second-order valence-electron chi connectivity index (χ2n) is 24.8. The average Bonchev–Trinajstić information content (AvgIpc) is 3.47. The third-order valence-electron chi connectivity index (χ3n) is 14.9. The summed E-state index contributed by atoms with van der Waals surface area (Å²) in [5.41, 5.74) is 0. The molecular weight excluding hydrogens is 1100 g/mol. The zero-order valence-electron chi connectivity index (χ0n) is 53.8. The fraction of sp³-hybridized carbons (Fsp3) is 0.938. The van der Waals surface area contributed by atoms with Crippen molar-refractivity contribution in [3.8, 4) is 0 Å². The van der Waals surface area contributed by atoms with Crippen molar-refractivity contribution in [3.05, 3.63) is 0 Å². The number of esters is 4. The van der Waals surface area contributed by atoms with Gasteiger partial charge in [-0.05, 0) is 49.4 Å². The number of phosphoric acid groups is 2. The first kappa shape index (κ1) is 81.1. The van der Waals surface area contributed by atoms with Gasteiger partial charge in [-0.2, -0.15) is 0 Å². The number of rotatable bonds is 61. The third kappa shape index (κ3) is 57.6. The molecule has 0 saturated heterocycles.